The summed E-state index contributed by atoms with van der Waals surface area (Å²) in [4.78, 5) is 0. The lowest BCUT2D eigenvalue weighted by atomic mass is 9.58. The van der Waals surface area contributed by atoms with Crippen LogP contribution in [0.15, 0.2) is 0 Å². The van der Waals surface area contributed by atoms with E-state index in [1.54, 1.807) is 0 Å². The molecule has 0 heterocycles. The molecule has 0 atom stereocenters. The van der Waals surface area contributed by atoms with Gasteiger partial charge in [0.05, 0.1) is 0 Å². The Morgan fingerprint density at radius 1 is 1.50 bits per heavy atom. The van der Waals surface area contributed by atoms with Crippen molar-refractivity contribution in [3.8, 4) is 0 Å². The zero-order valence-corrected chi connectivity index (χ0v) is 2.23. The van der Waals surface area contributed by atoms with Crippen LogP contribution in [0.1, 0.15) is 1.37 Å². The molecule has 4 heavy (non-hydrogen) atoms. The highest BCUT2D eigenvalue weighted by Crippen LogP contribution is 1.68. The van der Waals surface area contributed by atoms with E-state index >= 15 is 0 Å². The van der Waals surface area contributed by atoms with Crippen molar-refractivity contribution in [2.75, 3.05) is 0 Å². The van der Waals surface area contributed by atoms with Gasteiger partial charge in [0.2, 0.25) is 0 Å². The van der Waals surface area contributed by atoms with Crippen molar-refractivity contribution in [3.05, 3.63) is 0 Å². The summed E-state index contributed by atoms with van der Waals surface area (Å²) in [6, 6.07) is 0. The van der Waals surface area contributed by atoms with Crippen LogP contribution in [0.4, 0.5) is 0 Å². The molecule has 0 aromatic heterocycles. The van der Waals surface area contributed by atoms with Gasteiger partial charge >= 0.3 is 0 Å². The highest BCUT2D eigenvalue weighted by molar-refractivity contribution is 6.54. The van der Waals surface area contributed by atoms with Gasteiger partial charge in [0.25, 0.3) is 0 Å². The minimum absolute atomic E-state index is 1.75. The fraction of sp³-hybridized carbons (Fsp3) is 1.00. The first-order chi connectivity index (χ1) is 2.00. The van der Waals surface area contributed by atoms with E-state index in [1.807, 2.05) is 0 Å². The van der Waals surface area contributed by atoms with Crippen molar-refractivity contribution >= 4 is 23.5 Å². The summed E-state index contributed by atoms with van der Waals surface area (Å²) in [5, 5.41) is 0. The maximum absolute atomic E-state index is 6.27. The van der Waals surface area contributed by atoms with Crippen molar-refractivity contribution in [2.24, 2.45) is 0 Å². The predicted molar refractivity (Wildman–Crippen MR) is 21.0 cm³/mol. The molecule has 6 radical (unpaired) electrons. The van der Waals surface area contributed by atoms with Gasteiger partial charge in [0.15, 0.2) is 0 Å². The van der Waals surface area contributed by atoms with Gasteiger partial charge in [-0.25, -0.2) is 0 Å². The van der Waals surface area contributed by atoms with Gasteiger partial charge in [-0.05, 0) is 0 Å². The maximum atomic E-state index is 6.27. The first-order valence-corrected chi connectivity index (χ1v) is 0.866. The number of hydrogen-bond acceptors (Lipinski definition) is 0. The molecule has 0 unspecified atom stereocenters. The second-order valence-electron chi connectivity index (χ2n) is 0.500. The Bertz CT molecular complexity index is 22.4. The summed E-state index contributed by atoms with van der Waals surface area (Å²) in [5.74, 6) is 0. The molecule has 0 nitrogen and oxygen atoms in total. The molecule has 0 amide bonds. The summed E-state index contributed by atoms with van der Waals surface area (Å²) < 4.78 is 6.27. The van der Waals surface area contributed by atoms with Gasteiger partial charge in [0, 0.05) is 24.9 Å². The van der Waals surface area contributed by atoms with Gasteiger partial charge in [-0.3, -0.25) is 0 Å². The van der Waals surface area contributed by atoms with Gasteiger partial charge in [-0.1, -0.05) is 0 Å². The lowest BCUT2D eigenvalue weighted by Crippen LogP contribution is -1.84. The minimum Gasteiger partial charge on any atom is -0.142 e. The summed E-state index contributed by atoms with van der Waals surface area (Å²) in [5.41, 5.74) is -1.75. The van der Waals surface area contributed by atoms with Crippen molar-refractivity contribution in [1.29, 1.82) is 0 Å². The van der Waals surface area contributed by atoms with E-state index in [-0.39, 0.29) is 0 Å². The monoisotopic (exact) mass is 48.0 g/mol. The van der Waals surface area contributed by atoms with Crippen molar-refractivity contribution in [1.82, 2.24) is 0 Å². The molecule has 0 spiro atoms. The molecular formula is CHB3. The molecule has 14 valence electrons. The molecule has 0 aliphatic carbocycles. The van der Waals surface area contributed by atoms with Crippen LogP contribution in [-0.2, 0) is 0 Å². The van der Waals surface area contributed by atoms with Crippen LogP contribution in [0.2, 0.25) is 5.59 Å². The molecule has 0 bridgehead atoms. The Balaban J connectivity index is 3.02. The molecular weight excluding hydrogens is 44.4 g/mol. The van der Waals surface area contributed by atoms with Crippen LogP contribution in [0.25, 0.3) is 0 Å². The quantitative estimate of drug-likeness (QED) is 0.314. The fourth-order valence-electron chi connectivity index (χ4n) is 0. The molecule has 0 aromatic carbocycles. The van der Waals surface area contributed by atoms with Crippen LogP contribution in [0.3, 0.4) is 0 Å². The topological polar surface area (TPSA) is 0 Å². The number of hydrogen-bond donors (Lipinski definition) is 0. The maximum Gasteiger partial charge on any atom is 0.0470 e. The van der Waals surface area contributed by atoms with Crippen molar-refractivity contribution in [3.63, 3.8) is 0 Å². The third-order valence-electron chi connectivity index (χ3n) is 0. The van der Waals surface area contributed by atoms with E-state index in [0.29, 0.717) is 0 Å². The zero-order chi connectivity index (χ0) is 4.50. The molecule has 0 aromatic rings. The highest BCUT2D eigenvalue weighted by Gasteiger charge is 1.69. The van der Waals surface area contributed by atoms with E-state index in [1.165, 1.54) is 0 Å². The van der Waals surface area contributed by atoms with Gasteiger partial charge < -0.3 is 0 Å². The zero-order valence-electron chi connectivity index (χ0n) is 3.23. The van der Waals surface area contributed by atoms with E-state index in [4.69, 9.17) is 1.37 Å². The summed E-state index contributed by atoms with van der Waals surface area (Å²) in [6.07, 6.45) is 0. The van der Waals surface area contributed by atoms with E-state index in [9.17, 15) is 0 Å². The van der Waals surface area contributed by atoms with Gasteiger partial charge in [0.1, 0.15) is 0 Å². The molecule has 0 rings (SSSR count). The van der Waals surface area contributed by atoms with Crippen LogP contribution >= 0.6 is 0 Å². The van der Waals surface area contributed by atoms with E-state index in [0.717, 1.165) is 0 Å². The molecule has 0 N–H and O–H groups in total. The average Bonchev–Trinajstić information content (AvgIpc) is 0.722. The second-order valence-corrected chi connectivity index (χ2v) is 0.500. The predicted octanol–water partition coefficient (Wildman–Crippen LogP) is -0.805. The van der Waals surface area contributed by atoms with Gasteiger partial charge in [-0.15, -0.1) is 5.59 Å². The highest BCUT2D eigenvalue weighted by atomic mass is 13.2. The summed E-state index contributed by atoms with van der Waals surface area (Å²) in [6.45, 7) is 0. The fourth-order valence-corrected chi connectivity index (χ4v) is 0. The second kappa shape index (κ2) is 1.51. The Morgan fingerprint density at radius 3 is 1.50 bits per heavy atom. The largest absolute Gasteiger partial charge is 0.142 e. The van der Waals surface area contributed by atoms with Crippen LogP contribution in [0, 0.1) is 0 Å². The lowest BCUT2D eigenvalue weighted by molar-refractivity contribution is 1.91. The van der Waals surface area contributed by atoms with Crippen LogP contribution in [0.5, 0.6) is 0 Å². The van der Waals surface area contributed by atoms with E-state index in [2.05, 4.69) is 23.5 Å². The molecule has 0 aliphatic rings. The SMILES string of the molecule is [3H]C([B])([B])[B]. The first kappa shape index (κ1) is 2.43. The molecule has 0 aliphatic heterocycles. The van der Waals surface area contributed by atoms with Gasteiger partial charge in [-0.2, -0.15) is 0 Å². The normalized spacial score (nSPS) is 14.5. The molecule has 0 fully saturated rings. The Labute approximate surface area is 31.6 Å². The minimum atomic E-state index is -1.75. The summed E-state index contributed by atoms with van der Waals surface area (Å²) in [7, 11) is 13.7. The van der Waals surface area contributed by atoms with Crippen molar-refractivity contribution in [2.45, 2.75) is 5.59 Å². The standard InChI is InChI=1S/CHB3/c2-1(3)4/h1H/i1T. The third-order valence-corrected chi connectivity index (χ3v) is 0. The number of rotatable bonds is 0. The Kier molecular flexibility index (Phi) is 0.917. The molecule has 0 saturated heterocycles. The lowest BCUT2D eigenvalue weighted by Gasteiger charge is -1.78. The van der Waals surface area contributed by atoms with Crippen LogP contribution in [-0.4, -0.2) is 23.5 Å². The smallest absolute Gasteiger partial charge is 0.0470 e. The molecule has 0 saturated carbocycles. The van der Waals surface area contributed by atoms with E-state index < -0.39 is 5.59 Å². The molecule has 3 heteroatoms. The first-order valence-electron chi connectivity index (χ1n) is 1.37. The Morgan fingerprint density at radius 2 is 1.50 bits per heavy atom. The summed E-state index contributed by atoms with van der Waals surface area (Å²) >= 11 is 0. The average molecular weight is 47.5 g/mol. The van der Waals surface area contributed by atoms with Crippen LogP contribution < -0.4 is 0 Å². The van der Waals surface area contributed by atoms with Crippen molar-refractivity contribution < 1.29 is 1.37 Å². The Hall–Kier alpha value is 0.195. The third kappa shape index (κ3) is 82.6.